The van der Waals surface area contributed by atoms with Gasteiger partial charge in [0.25, 0.3) is 0 Å². The van der Waals surface area contributed by atoms with Gasteiger partial charge in [-0.2, -0.15) is 0 Å². The SMILES string of the molecule is CNC(c1cc(C)cc(C)c1)c1cncc(Br)c1. The van der Waals surface area contributed by atoms with E-state index in [0.29, 0.717) is 0 Å². The van der Waals surface area contributed by atoms with Crippen LogP contribution in [0.25, 0.3) is 0 Å². The first kappa shape index (κ1) is 13.2. The molecule has 1 atom stereocenters. The van der Waals surface area contributed by atoms with Crippen LogP contribution in [-0.4, -0.2) is 12.0 Å². The molecule has 18 heavy (non-hydrogen) atoms. The quantitative estimate of drug-likeness (QED) is 0.933. The molecular formula is C15H17BrN2. The smallest absolute Gasteiger partial charge is 0.0590 e. The Hall–Kier alpha value is -1.19. The van der Waals surface area contributed by atoms with Crippen LogP contribution in [-0.2, 0) is 0 Å². The Morgan fingerprint density at radius 1 is 1.00 bits per heavy atom. The molecule has 0 saturated carbocycles. The number of nitrogens with one attached hydrogen (secondary N) is 1. The molecule has 0 aliphatic carbocycles. The van der Waals surface area contributed by atoms with Crippen LogP contribution in [0.2, 0.25) is 0 Å². The predicted octanol–water partition coefficient (Wildman–Crippen LogP) is 3.77. The first-order valence-corrected chi connectivity index (χ1v) is 6.75. The van der Waals surface area contributed by atoms with Crippen molar-refractivity contribution in [2.24, 2.45) is 0 Å². The van der Waals surface area contributed by atoms with Crippen molar-refractivity contribution in [1.29, 1.82) is 0 Å². The van der Waals surface area contributed by atoms with Gasteiger partial charge in [-0.15, -0.1) is 0 Å². The highest BCUT2D eigenvalue weighted by Gasteiger charge is 2.13. The molecule has 1 unspecified atom stereocenters. The van der Waals surface area contributed by atoms with Gasteiger partial charge < -0.3 is 5.32 Å². The van der Waals surface area contributed by atoms with E-state index < -0.39 is 0 Å². The van der Waals surface area contributed by atoms with Crippen LogP contribution in [0, 0.1) is 13.8 Å². The summed E-state index contributed by atoms with van der Waals surface area (Å²) in [5, 5.41) is 3.36. The molecule has 0 bridgehead atoms. The molecule has 1 aromatic heterocycles. The number of rotatable bonds is 3. The second-order valence-electron chi connectivity index (χ2n) is 4.58. The van der Waals surface area contributed by atoms with Gasteiger partial charge in [0.1, 0.15) is 0 Å². The molecule has 2 aromatic rings. The second-order valence-corrected chi connectivity index (χ2v) is 5.49. The Labute approximate surface area is 117 Å². The topological polar surface area (TPSA) is 24.9 Å². The summed E-state index contributed by atoms with van der Waals surface area (Å²) in [6.07, 6.45) is 3.71. The maximum Gasteiger partial charge on any atom is 0.0590 e. The van der Waals surface area contributed by atoms with Gasteiger partial charge in [-0.3, -0.25) is 4.98 Å². The van der Waals surface area contributed by atoms with E-state index in [4.69, 9.17) is 0 Å². The minimum Gasteiger partial charge on any atom is -0.309 e. The van der Waals surface area contributed by atoms with Gasteiger partial charge in [-0.25, -0.2) is 0 Å². The highest BCUT2D eigenvalue weighted by molar-refractivity contribution is 9.10. The average molecular weight is 305 g/mol. The van der Waals surface area contributed by atoms with E-state index in [-0.39, 0.29) is 6.04 Å². The van der Waals surface area contributed by atoms with Crippen LogP contribution in [0.1, 0.15) is 28.3 Å². The van der Waals surface area contributed by atoms with Crippen LogP contribution in [0.4, 0.5) is 0 Å². The summed E-state index contributed by atoms with van der Waals surface area (Å²) in [6, 6.07) is 8.90. The van der Waals surface area contributed by atoms with Gasteiger partial charge in [0.15, 0.2) is 0 Å². The number of benzene rings is 1. The molecular weight excluding hydrogens is 288 g/mol. The van der Waals surface area contributed by atoms with E-state index in [0.717, 1.165) is 10.0 Å². The van der Waals surface area contributed by atoms with Crippen LogP contribution in [0.5, 0.6) is 0 Å². The molecule has 2 rings (SSSR count). The van der Waals surface area contributed by atoms with Gasteiger partial charge in [-0.1, -0.05) is 29.3 Å². The first-order valence-electron chi connectivity index (χ1n) is 5.96. The van der Waals surface area contributed by atoms with Crippen LogP contribution in [0.3, 0.4) is 0 Å². The summed E-state index contributed by atoms with van der Waals surface area (Å²) in [7, 11) is 1.98. The Bertz CT molecular complexity index is 532. The maximum absolute atomic E-state index is 4.24. The third kappa shape index (κ3) is 2.98. The molecule has 0 amide bonds. The second kappa shape index (κ2) is 5.63. The minimum atomic E-state index is 0.175. The lowest BCUT2D eigenvalue weighted by atomic mass is 9.97. The van der Waals surface area contributed by atoms with Crippen LogP contribution >= 0.6 is 15.9 Å². The number of pyridine rings is 1. The van der Waals surface area contributed by atoms with Crippen molar-refractivity contribution >= 4 is 15.9 Å². The fourth-order valence-electron chi connectivity index (χ4n) is 2.29. The summed E-state index contributed by atoms with van der Waals surface area (Å²) in [6.45, 7) is 4.25. The molecule has 94 valence electrons. The molecule has 0 fully saturated rings. The molecule has 1 aromatic carbocycles. The Balaban J connectivity index is 2.45. The van der Waals surface area contributed by atoms with Crippen molar-refractivity contribution in [3.8, 4) is 0 Å². The van der Waals surface area contributed by atoms with E-state index in [1.54, 1.807) is 6.20 Å². The summed E-state index contributed by atoms with van der Waals surface area (Å²) in [5.41, 5.74) is 5.01. The molecule has 0 aliphatic heterocycles. The highest BCUT2D eigenvalue weighted by atomic mass is 79.9. The maximum atomic E-state index is 4.24. The lowest BCUT2D eigenvalue weighted by Gasteiger charge is -2.18. The van der Waals surface area contributed by atoms with Crippen molar-refractivity contribution in [2.75, 3.05) is 7.05 Å². The van der Waals surface area contributed by atoms with Crippen molar-refractivity contribution in [3.63, 3.8) is 0 Å². The number of aryl methyl sites for hydroxylation is 2. The Morgan fingerprint density at radius 3 is 2.22 bits per heavy atom. The largest absolute Gasteiger partial charge is 0.309 e. The summed E-state index contributed by atoms with van der Waals surface area (Å²) in [5.74, 6) is 0. The number of hydrogen-bond acceptors (Lipinski definition) is 2. The highest BCUT2D eigenvalue weighted by Crippen LogP contribution is 2.25. The van der Waals surface area contributed by atoms with Gasteiger partial charge in [0, 0.05) is 16.9 Å². The molecule has 2 nitrogen and oxygen atoms in total. The zero-order valence-electron chi connectivity index (χ0n) is 10.9. The third-order valence-electron chi connectivity index (χ3n) is 2.93. The third-order valence-corrected chi connectivity index (χ3v) is 3.36. The van der Waals surface area contributed by atoms with Crippen molar-refractivity contribution < 1.29 is 0 Å². The standard InChI is InChI=1S/C15H17BrN2/c1-10-4-11(2)6-12(5-10)15(17-3)13-7-14(16)9-18-8-13/h4-9,15,17H,1-3H3. The van der Waals surface area contributed by atoms with E-state index in [9.17, 15) is 0 Å². The van der Waals surface area contributed by atoms with Gasteiger partial charge in [0.05, 0.1) is 6.04 Å². The molecule has 1 heterocycles. The average Bonchev–Trinajstić information content (AvgIpc) is 2.28. The van der Waals surface area contributed by atoms with E-state index in [1.807, 2.05) is 13.2 Å². The van der Waals surface area contributed by atoms with Gasteiger partial charge >= 0.3 is 0 Å². The lowest BCUT2D eigenvalue weighted by Crippen LogP contribution is -2.18. The van der Waals surface area contributed by atoms with Crippen molar-refractivity contribution in [1.82, 2.24) is 10.3 Å². The first-order chi connectivity index (χ1) is 8.60. The van der Waals surface area contributed by atoms with E-state index in [2.05, 4.69) is 64.3 Å². The van der Waals surface area contributed by atoms with Crippen molar-refractivity contribution in [3.05, 3.63) is 63.4 Å². The number of aromatic nitrogens is 1. The molecule has 3 heteroatoms. The molecule has 0 aliphatic rings. The van der Waals surface area contributed by atoms with Crippen LogP contribution in [0.15, 0.2) is 41.1 Å². The summed E-state index contributed by atoms with van der Waals surface area (Å²) in [4.78, 5) is 4.24. The number of halogens is 1. The summed E-state index contributed by atoms with van der Waals surface area (Å²) < 4.78 is 1.00. The fourth-order valence-corrected chi connectivity index (χ4v) is 2.67. The lowest BCUT2D eigenvalue weighted by molar-refractivity contribution is 0.687. The molecule has 0 radical (unpaired) electrons. The minimum absolute atomic E-state index is 0.175. The van der Waals surface area contributed by atoms with E-state index >= 15 is 0 Å². The van der Waals surface area contributed by atoms with Gasteiger partial charge in [-0.05, 0) is 54.0 Å². The Morgan fingerprint density at radius 2 is 1.67 bits per heavy atom. The fraction of sp³-hybridized carbons (Fsp3) is 0.267. The van der Waals surface area contributed by atoms with Crippen molar-refractivity contribution in [2.45, 2.75) is 19.9 Å². The predicted molar refractivity (Wildman–Crippen MR) is 78.8 cm³/mol. The molecule has 0 saturated heterocycles. The molecule has 0 spiro atoms. The van der Waals surface area contributed by atoms with E-state index in [1.165, 1.54) is 16.7 Å². The normalized spacial score (nSPS) is 12.4. The Kier molecular flexibility index (Phi) is 4.15. The summed E-state index contributed by atoms with van der Waals surface area (Å²) >= 11 is 3.47. The zero-order chi connectivity index (χ0) is 13.1. The van der Waals surface area contributed by atoms with Gasteiger partial charge in [0.2, 0.25) is 0 Å². The molecule has 1 N–H and O–H groups in total. The zero-order valence-corrected chi connectivity index (χ0v) is 12.5. The number of nitrogens with zero attached hydrogens (tertiary/aromatic N) is 1. The monoisotopic (exact) mass is 304 g/mol. The van der Waals surface area contributed by atoms with Crippen LogP contribution < -0.4 is 5.32 Å². The number of hydrogen-bond donors (Lipinski definition) is 1.